The van der Waals surface area contributed by atoms with Crippen LogP contribution in [-0.4, -0.2) is 49.1 Å². The van der Waals surface area contributed by atoms with Crippen LogP contribution >= 0.6 is 0 Å². The lowest BCUT2D eigenvalue weighted by Gasteiger charge is -2.39. The van der Waals surface area contributed by atoms with Crippen LogP contribution in [0.25, 0.3) is 0 Å². The average Bonchev–Trinajstić information content (AvgIpc) is 2.85. The summed E-state index contributed by atoms with van der Waals surface area (Å²) in [6.07, 6.45) is -3.56. The Morgan fingerprint density at radius 2 is 1.74 bits per heavy atom. The minimum Gasteiger partial charge on any atom is -0.497 e. The SMILES string of the molecule is COc1cccc(NC(=O)[C@@H](c2ccccc2)N2CCN(c3ccc(C(F)(F)F)cn3)CC2)c1. The van der Waals surface area contributed by atoms with Crippen molar-refractivity contribution in [2.75, 3.05) is 43.5 Å². The van der Waals surface area contributed by atoms with Gasteiger partial charge in [0.15, 0.2) is 0 Å². The number of hydrogen-bond donors (Lipinski definition) is 1. The number of ether oxygens (including phenoxy) is 1. The third-order valence-corrected chi connectivity index (χ3v) is 5.78. The smallest absolute Gasteiger partial charge is 0.417 e. The monoisotopic (exact) mass is 470 g/mol. The minimum absolute atomic E-state index is 0.166. The lowest BCUT2D eigenvalue weighted by Crippen LogP contribution is -2.50. The molecule has 2 heterocycles. The molecular formula is C25H25F3N4O2. The second-order valence-electron chi connectivity index (χ2n) is 7.96. The molecule has 1 saturated heterocycles. The fourth-order valence-corrected chi connectivity index (χ4v) is 4.02. The number of hydrogen-bond acceptors (Lipinski definition) is 5. The van der Waals surface area contributed by atoms with Gasteiger partial charge in [0.05, 0.1) is 12.7 Å². The number of carbonyl (C=O) groups is 1. The van der Waals surface area contributed by atoms with Gasteiger partial charge in [-0.1, -0.05) is 36.4 Å². The lowest BCUT2D eigenvalue weighted by atomic mass is 10.0. The van der Waals surface area contributed by atoms with E-state index in [-0.39, 0.29) is 5.91 Å². The van der Waals surface area contributed by atoms with Gasteiger partial charge < -0.3 is 15.0 Å². The molecule has 0 bridgehead atoms. The highest BCUT2D eigenvalue weighted by Crippen LogP contribution is 2.30. The van der Waals surface area contributed by atoms with Gasteiger partial charge in [0, 0.05) is 44.1 Å². The summed E-state index contributed by atoms with van der Waals surface area (Å²) in [6, 6.07) is 18.6. The van der Waals surface area contributed by atoms with E-state index >= 15 is 0 Å². The number of pyridine rings is 1. The molecule has 1 fully saturated rings. The first-order chi connectivity index (χ1) is 16.3. The number of methoxy groups -OCH3 is 1. The number of benzene rings is 2. The van der Waals surface area contributed by atoms with Gasteiger partial charge >= 0.3 is 6.18 Å². The molecule has 0 saturated carbocycles. The van der Waals surface area contributed by atoms with Crippen molar-refractivity contribution >= 4 is 17.4 Å². The number of amides is 1. The summed E-state index contributed by atoms with van der Waals surface area (Å²) >= 11 is 0. The topological polar surface area (TPSA) is 57.7 Å². The Morgan fingerprint density at radius 3 is 2.35 bits per heavy atom. The standard InChI is InChI=1S/C25H25F3N4O2/c1-34-21-9-5-8-20(16-21)30-24(33)23(18-6-3-2-4-7-18)32-14-12-31(13-15-32)22-11-10-19(17-29-22)25(26,27)28/h2-11,16-17,23H,12-15H2,1H3,(H,30,33)/t23-/m1/s1. The highest BCUT2D eigenvalue weighted by atomic mass is 19.4. The fourth-order valence-electron chi connectivity index (χ4n) is 4.02. The van der Waals surface area contributed by atoms with Crippen LogP contribution in [0.1, 0.15) is 17.2 Å². The summed E-state index contributed by atoms with van der Waals surface area (Å²) in [5.74, 6) is 0.969. The molecule has 1 amide bonds. The Morgan fingerprint density at radius 1 is 1.00 bits per heavy atom. The van der Waals surface area contributed by atoms with Crippen LogP contribution in [0.15, 0.2) is 72.9 Å². The molecule has 34 heavy (non-hydrogen) atoms. The van der Waals surface area contributed by atoms with E-state index in [0.29, 0.717) is 43.4 Å². The maximum absolute atomic E-state index is 13.4. The zero-order valence-corrected chi connectivity index (χ0v) is 18.6. The van der Waals surface area contributed by atoms with Crippen LogP contribution in [0.4, 0.5) is 24.7 Å². The van der Waals surface area contributed by atoms with Gasteiger partial charge in [0.2, 0.25) is 5.91 Å². The van der Waals surface area contributed by atoms with E-state index in [1.165, 1.54) is 6.07 Å². The van der Waals surface area contributed by atoms with Crippen molar-refractivity contribution in [1.82, 2.24) is 9.88 Å². The molecule has 4 rings (SSSR count). The van der Waals surface area contributed by atoms with E-state index in [2.05, 4.69) is 15.2 Å². The zero-order chi connectivity index (χ0) is 24.1. The highest BCUT2D eigenvalue weighted by molar-refractivity contribution is 5.95. The third-order valence-electron chi connectivity index (χ3n) is 5.78. The van der Waals surface area contributed by atoms with Crippen LogP contribution in [-0.2, 0) is 11.0 Å². The Balaban J connectivity index is 1.48. The molecule has 1 atom stereocenters. The fraction of sp³-hybridized carbons (Fsp3) is 0.280. The zero-order valence-electron chi connectivity index (χ0n) is 18.6. The number of alkyl halides is 3. The van der Waals surface area contributed by atoms with E-state index in [0.717, 1.165) is 17.8 Å². The number of halogens is 3. The highest BCUT2D eigenvalue weighted by Gasteiger charge is 2.33. The van der Waals surface area contributed by atoms with Gasteiger partial charge in [-0.05, 0) is 29.8 Å². The quantitative estimate of drug-likeness (QED) is 0.570. The van der Waals surface area contributed by atoms with Crippen molar-refractivity contribution in [2.24, 2.45) is 0 Å². The first-order valence-corrected chi connectivity index (χ1v) is 10.9. The number of carbonyl (C=O) groups excluding carboxylic acids is 1. The summed E-state index contributed by atoms with van der Waals surface area (Å²) in [4.78, 5) is 21.4. The van der Waals surface area contributed by atoms with Gasteiger partial charge in [-0.2, -0.15) is 13.2 Å². The van der Waals surface area contributed by atoms with Crippen molar-refractivity contribution in [3.05, 3.63) is 84.1 Å². The minimum atomic E-state index is -4.41. The number of aromatic nitrogens is 1. The molecule has 1 aliphatic rings. The normalized spacial score (nSPS) is 15.6. The Hall–Kier alpha value is -3.59. The van der Waals surface area contributed by atoms with Gasteiger partial charge in [0.25, 0.3) is 0 Å². The summed E-state index contributed by atoms with van der Waals surface area (Å²) in [5, 5.41) is 2.98. The molecular weight excluding hydrogens is 445 g/mol. The van der Waals surface area contributed by atoms with Gasteiger partial charge in [-0.3, -0.25) is 9.69 Å². The Bertz CT molecular complexity index is 1100. The van der Waals surface area contributed by atoms with Crippen molar-refractivity contribution < 1.29 is 22.7 Å². The number of piperazine rings is 1. The van der Waals surface area contributed by atoms with Crippen molar-refractivity contribution in [3.63, 3.8) is 0 Å². The van der Waals surface area contributed by atoms with Crippen molar-refractivity contribution in [3.8, 4) is 5.75 Å². The lowest BCUT2D eigenvalue weighted by molar-refractivity contribution is -0.137. The number of nitrogens with one attached hydrogen (secondary N) is 1. The van der Waals surface area contributed by atoms with Crippen LogP contribution in [0, 0.1) is 0 Å². The molecule has 0 unspecified atom stereocenters. The Kier molecular flexibility index (Phi) is 7.02. The van der Waals surface area contributed by atoms with E-state index < -0.39 is 17.8 Å². The van der Waals surface area contributed by atoms with Gasteiger partial charge in [-0.15, -0.1) is 0 Å². The molecule has 2 aromatic carbocycles. The molecule has 0 spiro atoms. The largest absolute Gasteiger partial charge is 0.497 e. The second-order valence-corrected chi connectivity index (χ2v) is 7.96. The molecule has 1 aliphatic heterocycles. The molecule has 9 heteroatoms. The summed E-state index contributed by atoms with van der Waals surface area (Å²) in [5.41, 5.74) is 0.732. The first-order valence-electron chi connectivity index (χ1n) is 10.9. The third kappa shape index (κ3) is 5.48. The molecule has 1 aromatic heterocycles. The molecule has 178 valence electrons. The molecule has 0 aliphatic carbocycles. The number of rotatable bonds is 6. The van der Waals surface area contributed by atoms with Crippen LogP contribution in [0.5, 0.6) is 5.75 Å². The number of nitrogens with zero attached hydrogens (tertiary/aromatic N) is 3. The maximum atomic E-state index is 13.4. The van der Waals surface area contributed by atoms with E-state index in [1.54, 1.807) is 25.3 Å². The molecule has 3 aromatic rings. The van der Waals surface area contributed by atoms with E-state index in [1.807, 2.05) is 41.3 Å². The molecule has 1 N–H and O–H groups in total. The summed E-state index contributed by atoms with van der Waals surface area (Å²) in [6.45, 7) is 2.17. The maximum Gasteiger partial charge on any atom is 0.417 e. The summed E-state index contributed by atoms with van der Waals surface area (Å²) < 4.78 is 43.7. The number of anilines is 2. The van der Waals surface area contributed by atoms with Crippen LogP contribution < -0.4 is 15.0 Å². The van der Waals surface area contributed by atoms with E-state index in [4.69, 9.17) is 4.74 Å². The van der Waals surface area contributed by atoms with Gasteiger partial charge in [0.1, 0.15) is 17.6 Å². The average molecular weight is 470 g/mol. The van der Waals surface area contributed by atoms with E-state index in [9.17, 15) is 18.0 Å². The molecule has 6 nitrogen and oxygen atoms in total. The predicted octanol–water partition coefficient (Wildman–Crippen LogP) is 4.61. The van der Waals surface area contributed by atoms with Crippen molar-refractivity contribution in [1.29, 1.82) is 0 Å². The Labute approximate surface area is 196 Å². The van der Waals surface area contributed by atoms with Crippen LogP contribution in [0.2, 0.25) is 0 Å². The summed E-state index contributed by atoms with van der Waals surface area (Å²) in [7, 11) is 1.57. The predicted molar refractivity (Wildman–Crippen MR) is 124 cm³/mol. The van der Waals surface area contributed by atoms with Crippen molar-refractivity contribution in [2.45, 2.75) is 12.2 Å². The molecule has 0 radical (unpaired) electrons. The van der Waals surface area contributed by atoms with Gasteiger partial charge in [-0.25, -0.2) is 4.98 Å². The second kappa shape index (κ2) is 10.1. The van der Waals surface area contributed by atoms with Crippen LogP contribution in [0.3, 0.4) is 0 Å². The first kappa shape index (κ1) is 23.6.